The largest absolute Gasteiger partial charge is 0.356 e. The van der Waals surface area contributed by atoms with Gasteiger partial charge in [-0.15, -0.1) is 0 Å². The molecule has 0 amide bonds. The lowest BCUT2D eigenvalue weighted by molar-refractivity contribution is 0.306. The van der Waals surface area contributed by atoms with Crippen molar-refractivity contribution >= 4 is 16.0 Å². The van der Waals surface area contributed by atoms with E-state index in [2.05, 4.69) is 15.6 Å². The van der Waals surface area contributed by atoms with Crippen molar-refractivity contribution in [2.45, 2.75) is 38.6 Å². The van der Waals surface area contributed by atoms with Gasteiger partial charge in [0.25, 0.3) is 0 Å². The fraction of sp³-hybridized carbons (Fsp3) is 0.611. The first-order valence-electron chi connectivity index (χ1n) is 9.24. The van der Waals surface area contributed by atoms with Gasteiger partial charge in [0, 0.05) is 38.8 Å². The standard InChI is InChI=1S/C18H28F2N4O2S/c1-3-12-27(25,26)24-10-7-16(8-11-24)23-18(21-2)22-9-6-14-4-5-15(19)13-17(14)20/h4-5,13,16H,3,6-12H2,1-2H3,(H2,21,22,23). The van der Waals surface area contributed by atoms with Crippen molar-refractivity contribution in [1.29, 1.82) is 0 Å². The van der Waals surface area contributed by atoms with E-state index in [-0.39, 0.29) is 11.8 Å². The average Bonchev–Trinajstić information content (AvgIpc) is 2.63. The minimum absolute atomic E-state index is 0.131. The van der Waals surface area contributed by atoms with Crippen LogP contribution in [0.3, 0.4) is 0 Å². The third-order valence-electron chi connectivity index (χ3n) is 4.58. The molecule has 1 fully saturated rings. The molecule has 1 aliphatic rings. The monoisotopic (exact) mass is 402 g/mol. The predicted octanol–water partition coefficient (Wildman–Crippen LogP) is 1.88. The number of aliphatic imine (C=N–C) groups is 1. The third-order valence-corrected chi connectivity index (χ3v) is 6.65. The van der Waals surface area contributed by atoms with Gasteiger partial charge in [0.05, 0.1) is 5.75 Å². The van der Waals surface area contributed by atoms with E-state index in [1.54, 1.807) is 11.4 Å². The van der Waals surface area contributed by atoms with Crippen LogP contribution in [-0.2, 0) is 16.4 Å². The number of hydrogen-bond donors (Lipinski definition) is 2. The molecule has 0 saturated carbocycles. The number of hydrogen-bond acceptors (Lipinski definition) is 3. The Morgan fingerprint density at radius 3 is 2.59 bits per heavy atom. The summed E-state index contributed by atoms with van der Waals surface area (Å²) in [7, 11) is -1.50. The first kappa shape index (κ1) is 21.6. The summed E-state index contributed by atoms with van der Waals surface area (Å²) in [4.78, 5) is 4.16. The molecule has 2 N–H and O–H groups in total. The Morgan fingerprint density at radius 1 is 1.30 bits per heavy atom. The van der Waals surface area contributed by atoms with E-state index in [9.17, 15) is 17.2 Å². The summed E-state index contributed by atoms with van der Waals surface area (Å²) >= 11 is 0. The predicted molar refractivity (Wildman–Crippen MR) is 103 cm³/mol. The zero-order valence-corrected chi connectivity index (χ0v) is 16.7. The van der Waals surface area contributed by atoms with Gasteiger partial charge < -0.3 is 10.6 Å². The number of sulfonamides is 1. The fourth-order valence-corrected chi connectivity index (χ4v) is 4.63. The Kier molecular flexibility index (Phi) is 7.97. The number of guanidine groups is 1. The van der Waals surface area contributed by atoms with E-state index in [1.807, 2.05) is 6.92 Å². The van der Waals surface area contributed by atoms with E-state index in [1.165, 1.54) is 12.1 Å². The Labute approximate surface area is 160 Å². The lowest BCUT2D eigenvalue weighted by Crippen LogP contribution is -2.50. The summed E-state index contributed by atoms with van der Waals surface area (Å²) < 4.78 is 52.4. The van der Waals surface area contributed by atoms with Gasteiger partial charge >= 0.3 is 0 Å². The number of rotatable bonds is 7. The van der Waals surface area contributed by atoms with Gasteiger partial charge in [-0.05, 0) is 37.3 Å². The van der Waals surface area contributed by atoms with Crippen LogP contribution in [0.5, 0.6) is 0 Å². The van der Waals surface area contributed by atoms with Gasteiger partial charge in [0.2, 0.25) is 10.0 Å². The van der Waals surface area contributed by atoms with Gasteiger partial charge in [0.15, 0.2) is 5.96 Å². The highest BCUT2D eigenvalue weighted by Gasteiger charge is 2.27. The van der Waals surface area contributed by atoms with Crippen LogP contribution in [0, 0.1) is 11.6 Å². The maximum atomic E-state index is 13.6. The second-order valence-corrected chi connectivity index (χ2v) is 8.71. The molecule has 6 nitrogen and oxygen atoms in total. The Bertz CT molecular complexity index is 748. The third kappa shape index (κ3) is 6.42. The van der Waals surface area contributed by atoms with Crippen LogP contribution in [0.2, 0.25) is 0 Å². The summed E-state index contributed by atoms with van der Waals surface area (Å²) in [6.07, 6.45) is 2.43. The second-order valence-electron chi connectivity index (χ2n) is 6.62. The molecule has 27 heavy (non-hydrogen) atoms. The van der Waals surface area contributed by atoms with Crippen LogP contribution in [0.4, 0.5) is 8.78 Å². The highest BCUT2D eigenvalue weighted by Crippen LogP contribution is 2.15. The zero-order chi connectivity index (χ0) is 19.9. The average molecular weight is 403 g/mol. The topological polar surface area (TPSA) is 73.8 Å². The minimum Gasteiger partial charge on any atom is -0.356 e. The minimum atomic E-state index is -3.15. The zero-order valence-electron chi connectivity index (χ0n) is 15.8. The van der Waals surface area contributed by atoms with Crippen LogP contribution in [0.15, 0.2) is 23.2 Å². The van der Waals surface area contributed by atoms with Gasteiger partial charge in [-0.25, -0.2) is 21.5 Å². The highest BCUT2D eigenvalue weighted by molar-refractivity contribution is 7.89. The summed E-state index contributed by atoms with van der Waals surface area (Å²) in [6.45, 7) is 3.31. The van der Waals surface area contributed by atoms with E-state index in [0.717, 1.165) is 6.07 Å². The molecule has 0 bridgehead atoms. The first-order chi connectivity index (χ1) is 12.9. The van der Waals surface area contributed by atoms with Crippen molar-refractivity contribution in [2.75, 3.05) is 32.4 Å². The lowest BCUT2D eigenvalue weighted by Gasteiger charge is -2.32. The molecular formula is C18H28F2N4O2S. The van der Waals surface area contributed by atoms with Crippen LogP contribution in [0.1, 0.15) is 31.7 Å². The number of benzene rings is 1. The van der Waals surface area contributed by atoms with Gasteiger partial charge in [-0.1, -0.05) is 13.0 Å². The molecule has 0 spiro atoms. The maximum absolute atomic E-state index is 13.6. The molecule has 0 unspecified atom stereocenters. The molecule has 1 heterocycles. The molecule has 0 aromatic heterocycles. The number of halogens is 2. The quantitative estimate of drug-likeness (QED) is 0.540. The first-order valence-corrected chi connectivity index (χ1v) is 10.9. The van der Waals surface area contributed by atoms with E-state index in [4.69, 9.17) is 0 Å². The molecule has 1 aliphatic heterocycles. The van der Waals surface area contributed by atoms with Crippen molar-refractivity contribution in [2.24, 2.45) is 4.99 Å². The Morgan fingerprint density at radius 2 is 2.00 bits per heavy atom. The normalized spacial score (nSPS) is 17.1. The van der Waals surface area contributed by atoms with E-state index in [0.29, 0.717) is 56.8 Å². The Balaban J connectivity index is 1.77. The molecule has 9 heteroatoms. The van der Waals surface area contributed by atoms with Crippen molar-refractivity contribution in [3.8, 4) is 0 Å². The maximum Gasteiger partial charge on any atom is 0.214 e. The van der Waals surface area contributed by atoms with Crippen molar-refractivity contribution < 1.29 is 17.2 Å². The summed E-state index contributed by atoms with van der Waals surface area (Å²) in [5.74, 6) is -0.365. The number of piperidine rings is 1. The smallest absolute Gasteiger partial charge is 0.214 e. The lowest BCUT2D eigenvalue weighted by atomic mass is 10.1. The molecular weight excluding hydrogens is 374 g/mol. The van der Waals surface area contributed by atoms with E-state index >= 15 is 0 Å². The van der Waals surface area contributed by atoms with Gasteiger partial charge in [-0.2, -0.15) is 0 Å². The molecule has 152 valence electrons. The van der Waals surface area contributed by atoms with E-state index < -0.39 is 21.7 Å². The molecule has 2 rings (SSSR count). The fourth-order valence-electron chi connectivity index (χ4n) is 3.09. The van der Waals surface area contributed by atoms with Crippen LogP contribution in [-0.4, -0.2) is 57.2 Å². The molecule has 0 radical (unpaired) electrons. The number of nitrogens with one attached hydrogen (secondary N) is 2. The van der Waals surface area contributed by atoms with Crippen molar-refractivity contribution in [1.82, 2.24) is 14.9 Å². The molecule has 1 aromatic carbocycles. The second kappa shape index (κ2) is 9.98. The molecule has 1 saturated heterocycles. The summed E-state index contributed by atoms with van der Waals surface area (Å²) in [6, 6.07) is 3.69. The molecule has 1 aromatic rings. The highest BCUT2D eigenvalue weighted by atomic mass is 32.2. The summed E-state index contributed by atoms with van der Waals surface area (Å²) in [5.41, 5.74) is 0.439. The SMILES string of the molecule is CCCS(=O)(=O)N1CCC(NC(=NC)NCCc2ccc(F)cc2F)CC1. The van der Waals surface area contributed by atoms with Gasteiger partial charge in [0.1, 0.15) is 11.6 Å². The molecule has 0 aliphatic carbocycles. The van der Waals surface area contributed by atoms with Crippen LogP contribution >= 0.6 is 0 Å². The molecule has 0 atom stereocenters. The van der Waals surface area contributed by atoms with Crippen molar-refractivity contribution in [3.63, 3.8) is 0 Å². The van der Waals surface area contributed by atoms with Gasteiger partial charge in [-0.3, -0.25) is 4.99 Å². The Hall–Kier alpha value is -1.74. The van der Waals surface area contributed by atoms with Crippen LogP contribution < -0.4 is 10.6 Å². The number of nitrogens with zero attached hydrogens (tertiary/aromatic N) is 2. The van der Waals surface area contributed by atoms with Crippen LogP contribution in [0.25, 0.3) is 0 Å². The summed E-state index contributed by atoms with van der Waals surface area (Å²) in [5, 5.41) is 6.40. The van der Waals surface area contributed by atoms with Crippen molar-refractivity contribution in [3.05, 3.63) is 35.4 Å².